The van der Waals surface area contributed by atoms with Gasteiger partial charge in [-0.2, -0.15) is 0 Å². The molecule has 1 N–H and O–H groups in total. The van der Waals surface area contributed by atoms with Crippen molar-refractivity contribution in [3.8, 4) is 0 Å². The largest absolute Gasteiger partial charge is 0.372 e. The molecule has 1 fully saturated rings. The molecule has 4 nitrogen and oxygen atoms in total. The molecule has 148 valence electrons. The summed E-state index contributed by atoms with van der Waals surface area (Å²) < 4.78 is 5.73. The molecule has 1 saturated heterocycles. The summed E-state index contributed by atoms with van der Waals surface area (Å²) in [6, 6.07) is 17.3. The first-order valence-corrected chi connectivity index (χ1v) is 10.4. The molecule has 0 radical (unpaired) electrons. The van der Waals surface area contributed by atoms with Crippen molar-refractivity contribution in [3.05, 3.63) is 70.8 Å². The van der Waals surface area contributed by atoms with Crippen molar-refractivity contribution >= 4 is 5.91 Å². The number of benzene rings is 2. The van der Waals surface area contributed by atoms with Gasteiger partial charge >= 0.3 is 0 Å². The Hall–Kier alpha value is -2.17. The van der Waals surface area contributed by atoms with E-state index >= 15 is 0 Å². The normalized spacial score (nSPS) is 24.6. The molecule has 1 amide bonds. The molecule has 0 aromatic heterocycles. The summed E-state index contributed by atoms with van der Waals surface area (Å²) in [5.41, 5.74) is 4.95. The second kappa shape index (κ2) is 8.46. The Morgan fingerprint density at radius 3 is 2.43 bits per heavy atom. The van der Waals surface area contributed by atoms with Gasteiger partial charge in [0.25, 0.3) is 5.91 Å². The van der Waals surface area contributed by atoms with Gasteiger partial charge in [0.1, 0.15) is 0 Å². The van der Waals surface area contributed by atoms with Crippen LogP contribution in [0.2, 0.25) is 0 Å². The molecule has 0 spiro atoms. The fraction of sp³-hybridized carbons (Fsp3) is 0.458. The molecule has 2 aromatic rings. The Morgan fingerprint density at radius 1 is 1.04 bits per heavy atom. The van der Waals surface area contributed by atoms with E-state index in [0.717, 1.165) is 24.9 Å². The van der Waals surface area contributed by atoms with E-state index in [1.165, 1.54) is 23.1 Å². The van der Waals surface area contributed by atoms with E-state index in [1.54, 1.807) is 0 Å². The zero-order valence-electron chi connectivity index (χ0n) is 16.9. The smallest absolute Gasteiger partial charge is 0.254 e. The predicted octanol–water partition coefficient (Wildman–Crippen LogP) is 3.58. The van der Waals surface area contributed by atoms with E-state index in [-0.39, 0.29) is 18.1 Å². The van der Waals surface area contributed by atoms with Gasteiger partial charge in [0.15, 0.2) is 0 Å². The summed E-state index contributed by atoms with van der Waals surface area (Å²) in [6.07, 6.45) is 3.62. The third-order valence-corrected chi connectivity index (χ3v) is 5.85. The average Bonchev–Trinajstić information content (AvgIpc) is 2.71. The van der Waals surface area contributed by atoms with Crippen LogP contribution in [-0.2, 0) is 24.1 Å². The monoisotopic (exact) mass is 378 g/mol. The Kier molecular flexibility index (Phi) is 5.79. The minimum Gasteiger partial charge on any atom is -0.372 e. The lowest BCUT2D eigenvalue weighted by molar-refractivity contribution is -0.0586. The maximum atomic E-state index is 12.8. The maximum absolute atomic E-state index is 12.8. The molecule has 0 bridgehead atoms. The summed E-state index contributed by atoms with van der Waals surface area (Å²) in [4.78, 5) is 14.7. The van der Waals surface area contributed by atoms with Crippen LogP contribution in [0.15, 0.2) is 48.5 Å². The molecular weight excluding hydrogens is 348 g/mol. The van der Waals surface area contributed by atoms with Gasteiger partial charge in [-0.3, -0.25) is 4.79 Å². The van der Waals surface area contributed by atoms with Gasteiger partial charge in [-0.1, -0.05) is 36.4 Å². The number of nitrogens with one attached hydrogen (secondary N) is 1. The minimum atomic E-state index is 0.0943. The Labute approximate surface area is 167 Å². The lowest BCUT2D eigenvalue weighted by Crippen LogP contribution is -2.48. The third kappa shape index (κ3) is 4.45. The van der Waals surface area contributed by atoms with Crippen LogP contribution in [0.25, 0.3) is 0 Å². The first kappa shape index (κ1) is 19.2. The number of carbonyl (C=O) groups excluding carboxylic acids is 1. The third-order valence-electron chi connectivity index (χ3n) is 5.85. The van der Waals surface area contributed by atoms with Crippen LogP contribution in [0.3, 0.4) is 0 Å². The second-order valence-corrected chi connectivity index (χ2v) is 8.25. The lowest BCUT2D eigenvalue weighted by atomic mass is 9.88. The van der Waals surface area contributed by atoms with E-state index in [2.05, 4.69) is 41.7 Å². The summed E-state index contributed by atoms with van der Waals surface area (Å²) in [5, 5.41) is 3.69. The molecule has 4 heteroatoms. The quantitative estimate of drug-likeness (QED) is 0.884. The number of amides is 1. The van der Waals surface area contributed by atoms with Crippen molar-refractivity contribution < 1.29 is 9.53 Å². The molecule has 2 aliphatic rings. The summed E-state index contributed by atoms with van der Waals surface area (Å²) in [6.45, 7) is 6.21. The second-order valence-electron chi connectivity index (χ2n) is 8.25. The van der Waals surface area contributed by atoms with Crippen LogP contribution in [0.1, 0.15) is 47.3 Å². The molecular formula is C24H30N2O2. The molecule has 3 unspecified atom stereocenters. The molecule has 1 heterocycles. The molecule has 4 rings (SSSR count). The molecule has 3 atom stereocenters. The van der Waals surface area contributed by atoms with Gasteiger partial charge in [-0.15, -0.1) is 0 Å². The van der Waals surface area contributed by atoms with Crippen LogP contribution < -0.4 is 5.32 Å². The Balaban J connectivity index is 1.32. The minimum absolute atomic E-state index is 0.0943. The molecule has 28 heavy (non-hydrogen) atoms. The van der Waals surface area contributed by atoms with E-state index in [0.29, 0.717) is 19.1 Å². The van der Waals surface area contributed by atoms with Crippen molar-refractivity contribution in [3.63, 3.8) is 0 Å². The number of fused-ring (bicyclic) bond motifs is 1. The van der Waals surface area contributed by atoms with E-state index in [4.69, 9.17) is 4.74 Å². The van der Waals surface area contributed by atoms with E-state index < -0.39 is 0 Å². The summed E-state index contributed by atoms with van der Waals surface area (Å²) >= 11 is 0. The molecule has 1 aliphatic heterocycles. The van der Waals surface area contributed by atoms with E-state index in [1.807, 2.05) is 30.9 Å². The summed E-state index contributed by atoms with van der Waals surface area (Å²) in [5.74, 6) is 0.102. The van der Waals surface area contributed by atoms with Gasteiger partial charge < -0.3 is 15.0 Å². The fourth-order valence-electron chi connectivity index (χ4n) is 4.43. The number of ether oxygens (including phenoxy) is 1. The first-order valence-electron chi connectivity index (χ1n) is 10.4. The van der Waals surface area contributed by atoms with Crippen molar-refractivity contribution in [2.24, 2.45) is 0 Å². The van der Waals surface area contributed by atoms with Gasteiger partial charge in [0.2, 0.25) is 0 Å². The lowest BCUT2D eigenvalue weighted by Gasteiger charge is -2.35. The number of rotatable bonds is 4. The van der Waals surface area contributed by atoms with Gasteiger partial charge in [0, 0.05) is 31.2 Å². The Morgan fingerprint density at radius 2 is 1.71 bits per heavy atom. The van der Waals surface area contributed by atoms with Crippen molar-refractivity contribution in [1.82, 2.24) is 10.2 Å². The highest BCUT2D eigenvalue weighted by Gasteiger charge is 2.26. The molecule has 1 aliphatic carbocycles. The number of carbonyl (C=O) groups is 1. The summed E-state index contributed by atoms with van der Waals surface area (Å²) in [7, 11) is 0. The van der Waals surface area contributed by atoms with Crippen LogP contribution in [0, 0.1) is 0 Å². The van der Waals surface area contributed by atoms with Gasteiger partial charge in [-0.05, 0) is 61.9 Å². The highest BCUT2D eigenvalue weighted by atomic mass is 16.5. The fourth-order valence-corrected chi connectivity index (χ4v) is 4.43. The molecule has 2 aromatic carbocycles. The topological polar surface area (TPSA) is 41.6 Å². The predicted molar refractivity (Wildman–Crippen MR) is 111 cm³/mol. The van der Waals surface area contributed by atoms with Crippen LogP contribution in [0.4, 0.5) is 0 Å². The number of aryl methyl sites for hydroxylation is 1. The number of hydrogen-bond donors (Lipinski definition) is 1. The van der Waals surface area contributed by atoms with Crippen LogP contribution in [-0.4, -0.2) is 42.1 Å². The van der Waals surface area contributed by atoms with Crippen molar-refractivity contribution in [2.75, 3.05) is 13.1 Å². The van der Waals surface area contributed by atoms with Crippen molar-refractivity contribution in [2.45, 2.75) is 57.9 Å². The standard InChI is InChI=1S/C24H30N2O2/c1-17-15-26(16-18(2)28-17)24(27)21-9-7-19(8-10-21)14-25-23-12-11-20-5-3-4-6-22(20)13-23/h3-10,17-18,23,25H,11-16H2,1-2H3. The number of hydrogen-bond acceptors (Lipinski definition) is 3. The average molecular weight is 379 g/mol. The SMILES string of the molecule is CC1CN(C(=O)c2ccc(CNC3CCc4ccccc4C3)cc2)CC(C)O1. The Bertz CT molecular complexity index is 808. The highest BCUT2D eigenvalue weighted by Crippen LogP contribution is 2.21. The number of morpholine rings is 1. The maximum Gasteiger partial charge on any atom is 0.254 e. The molecule has 0 saturated carbocycles. The van der Waals surface area contributed by atoms with Crippen molar-refractivity contribution in [1.29, 1.82) is 0 Å². The van der Waals surface area contributed by atoms with Gasteiger partial charge in [-0.25, -0.2) is 0 Å². The zero-order valence-corrected chi connectivity index (χ0v) is 16.9. The number of nitrogens with zero attached hydrogens (tertiary/aromatic N) is 1. The zero-order chi connectivity index (χ0) is 19.5. The first-order chi connectivity index (χ1) is 13.6. The van der Waals surface area contributed by atoms with Gasteiger partial charge in [0.05, 0.1) is 12.2 Å². The highest BCUT2D eigenvalue weighted by molar-refractivity contribution is 5.94. The van der Waals surface area contributed by atoms with Crippen LogP contribution >= 0.6 is 0 Å². The van der Waals surface area contributed by atoms with Crippen LogP contribution in [0.5, 0.6) is 0 Å². The van der Waals surface area contributed by atoms with E-state index in [9.17, 15) is 4.79 Å².